The number of aliphatic hydroxyl groups is 1. The first-order valence-electron chi connectivity index (χ1n) is 17.2. The van der Waals surface area contributed by atoms with E-state index in [1.807, 2.05) is 44.2 Å². The van der Waals surface area contributed by atoms with Crippen LogP contribution in [0.25, 0.3) is 0 Å². The topological polar surface area (TPSA) is 139 Å². The number of hydrogen-bond acceptors (Lipinski definition) is 8. The predicted molar refractivity (Wildman–Crippen MR) is 190 cm³/mol. The summed E-state index contributed by atoms with van der Waals surface area (Å²) in [5, 5.41) is 15.9. The van der Waals surface area contributed by atoms with Crippen LogP contribution in [0.1, 0.15) is 56.0 Å². The standard InChI is InChI=1S/C38H48N4O8/c1-25-21-42(26(2)23-43)37(45)31-19-29(39-38(46)40-30-14-16-33-34(20-30)49-24-48-33)13-15-32(31)50-27(3)10-8-9-17-47-35(25)22-41(4)36(44)18-28-11-6-5-7-12-28/h5-7,11-16,19-20,25-27,35,43H,8-10,17-18,21-24H2,1-4H3,(H2,39,40,46)/t25-,26+,27+,35+/m1/s1. The zero-order chi connectivity index (χ0) is 35.6. The number of carbonyl (C=O) groups excluding carboxylic acids is 3. The molecule has 0 saturated heterocycles. The lowest BCUT2D eigenvalue weighted by Gasteiger charge is -2.36. The van der Waals surface area contributed by atoms with E-state index in [4.69, 9.17) is 18.9 Å². The molecule has 50 heavy (non-hydrogen) atoms. The summed E-state index contributed by atoms with van der Waals surface area (Å²) >= 11 is 0. The van der Waals surface area contributed by atoms with E-state index in [9.17, 15) is 19.5 Å². The molecule has 0 aliphatic carbocycles. The summed E-state index contributed by atoms with van der Waals surface area (Å²) in [6.07, 6.45) is 2.12. The number of likely N-dealkylation sites (N-methyl/N-ethyl adjacent to an activating group) is 1. The number of rotatable bonds is 8. The summed E-state index contributed by atoms with van der Waals surface area (Å²) < 4.78 is 23.5. The third-order valence-electron chi connectivity index (χ3n) is 9.02. The fourth-order valence-corrected chi connectivity index (χ4v) is 6.01. The Hall–Kier alpha value is -4.81. The minimum Gasteiger partial charge on any atom is -0.490 e. The normalized spacial score (nSPS) is 20.1. The van der Waals surface area contributed by atoms with Gasteiger partial charge in [-0.25, -0.2) is 4.79 Å². The number of aliphatic hydroxyl groups excluding tert-OH is 1. The second-order valence-corrected chi connectivity index (χ2v) is 13.1. The Balaban J connectivity index is 1.36. The number of carbonyl (C=O) groups is 3. The lowest BCUT2D eigenvalue weighted by atomic mass is 10.0. The number of ether oxygens (including phenoxy) is 4. The Morgan fingerprint density at radius 2 is 1.66 bits per heavy atom. The van der Waals surface area contributed by atoms with Crippen molar-refractivity contribution in [2.75, 3.05) is 50.8 Å². The SMILES string of the molecule is C[C@@H]1CN([C@@H](C)CO)C(=O)c2cc(NC(=O)Nc3ccc4c(c3)OCO4)ccc2O[C@@H](C)CCCCO[C@H]1CN(C)C(=O)Cc1ccccc1. The smallest absolute Gasteiger partial charge is 0.323 e. The van der Waals surface area contributed by atoms with Gasteiger partial charge in [0.15, 0.2) is 11.5 Å². The third kappa shape index (κ3) is 9.66. The maximum absolute atomic E-state index is 14.4. The van der Waals surface area contributed by atoms with Gasteiger partial charge in [0, 0.05) is 50.1 Å². The number of benzene rings is 3. The molecular formula is C38H48N4O8. The van der Waals surface area contributed by atoms with Gasteiger partial charge < -0.3 is 44.5 Å². The highest BCUT2D eigenvalue weighted by Gasteiger charge is 2.31. The molecule has 12 nitrogen and oxygen atoms in total. The van der Waals surface area contributed by atoms with Crippen molar-refractivity contribution in [3.8, 4) is 17.2 Å². The lowest BCUT2D eigenvalue weighted by Crippen LogP contribution is -2.48. The first kappa shape index (κ1) is 36.5. The summed E-state index contributed by atoms with van der Waals surface area (Å²) in [6.45, 7) is 6.70. The van der Waals surface area contributed by atoms with Crippen molar-refractivity contribution in [1.82, 2.24) is 9.80 Å². The fraction of sp³-hybridized carbons (Fsp3) is 0.447. The molecule has 2 heterocycles. The van der Waals surface area contributed by atoms with E-state index in [-0.39, 0.29) is 61.9 Å². The van der Waals surface area contributed by atoms with Crippen molar-refractivity contribution in [1.29, 1.82) is 0 Å². The van der Waals surface area contributed by atoms with Crippen molar-refractivity contribution in [3.05, 3.63) is 77.9 Å². The van der Waals surface area contributed by atoms with E-state index in [1.54, 1.807) is 60.2 Å². The molecule has 0 radical (unpaired) electrons. The molecule has 4 amide bonds. The van der Waals surface area contributed by atoms with E-state index in [1.165, 1.54) is 0 Å². The van der Waals surface area contributed by atoms with Gasteiger partial charge in [-0.15, -0.1) is 0 Å². The van der Waals surface area contributed by atoms with E-state index < -0.39 is 12.1 Å². The van der Waals surface area contributed by atoms with Crippen LogP contribution < -0.4 is 24.8 Å². The molecule has 5 rings (SSSR count). The van der Waals surface area contributed by atoms with Crippen LogP contribution in [0.15, 0.2) is 66.7 Å². The molecule has 268 valence electrons. The molecule has 0 spiro atoms. The number of hydrogen-bond donors (Lipinski definition) is 3. The van der Waals surface area contributed by atoms with Crippen molar-refractivity contribution in [2.45, 2.75) is 64.7 Å². The van der Waals surface area contributed by atoms with Crippen LogP contribution in [0.4, 0.5) is 16.2 Å². The van der Waals surface area contributed by atoms with E-state index in [2.05, 4.69) is 10.6 Å². The van der Waals surface area contributed by atoms with Crippen molar-refractivity contribution >= 4 is 29.2 Å². The van der Waals surface area contributed by atoms with Crippen LogP contribution in [-0.2, 0) is 16.0 Å². The number of urea groups is 1. The van der Waals surface area contributed by atoms with Gasteiger partial charge >= 0.3 is 6.03 Å². The number of fused-ring (bicyclic) bond motifs is 2. The highest BCUT2D eigenvalue weighted by atomic mass is 16.7. The predicted octanol–water partition coefficient (Wildman–Crippen LogP) is 5.56. The number of amides is 4. The minimum absolute atomic E-state index is 0.0226. The molecular weight excluding hydrogens is 640 g/mol. The van der Waals surface area contributed by atoms with Crippen molar-refractivity contribution in [2.24, 2.45) is 5.92 Å². The van der Waals surface area contributed by atoms with Gasteiger partial charge in [-0.1, -0.05) is 37.3 Å². The summed E-state index contributed by atoms with van der Waals surface area (Å²) in [7, 11) is 1.78. The molecule has 0 unspecified atom stereocenters. The average Bonchev–Trinajstić information content (AvgIpc) is 3.58. The average molecular weight is 689 g/mol. The fourth-order valence-electron chi connectivity index (χ4n) is 6.01. The Morgan fingerprint density at radius 3 is 2.40 bits per heavy atom. The maximum atomic E-state index is 14.4. The molecule has 12 heteroatoms. The van der Waals surface area contributed by atoms with Crippen molar-refractivity contribution < 1.29 is 38.4 Å². The summed E-state index contributed by atoms with van der Waals surface area (Å²) in [5.41, 5.74) is 2.10. The summed E-state index contributed by atoms with van der Waals surface area (Å²) in [4.78, 5) is 43.9. The van der Waals surface area contributed by atoms with Gasteiger partial charge in [-0.3, -0.25) is 9.59 Å². The molecule has 3 aromatic carbocycles. The molecule has 3 aromatic rings. The van der Waals surface area contributed by atoms with Gasteiger partial charge in [0.2, 0.25) is 12.7 Å². The summed E-state index contributed by atoms with van der Waals surface area (Å²) in [5.74, 6) is 0.960. The zero-order valence-electron chi connectivity index (χ0n) is 29.2. The van der Waals surface area contributed by atoms with Gasteiger partial charge in [-0.05, 0) is 69.0 Å². The Bertz CT molecular complexity index is 1620. The monoisotopic (exact) mass is 688 g/mol. The Morgan fingerprint density at radius 1 is 0.960 bits per heavy atom. The summed E-state index contributed by atoms with van der Waals surface area (Å²) in [6, 6.07) is 18.7. The highest BCUT2D eigenvalue weighted by molar-refractivity contribution is 6.02. The molecule has 2 aliphatic rings. The van der Waals surface area contributed by atoms with Crippen LogP contribution in [0, 0.1) is 5.92 Å². The highest BCUT2D eigenvalue weighted by Crippen LogP contribution is 2.34. The molecule has 0 bridgehead atoms. The van der Waals surface area contributed by atoms with Crippen LogP contribution in [0.5, 0.6) is 17.2 Å². The van der Waals surface area contributed by atoms with Gasteiger partial charge in [-0.2, -0.15) is 0 Å². The second kappa shape index (κ2) is 17.2. The largest absolute Gasteiger partial charge is 0.490 e. The molecule has 3 N–H and O–H groups in total. The number of nitrogens with zero attached hydrogens (tertiary/aromatic N) is 2. The van der Waals surface area contributed by atoms with E-state index in [0.717, 1.165) is 24.8 Å². The minimum atomic E-state index is -0.535. The second-order valence-electron chi connectivity index (χ2n) is 13.1. The van der Waals surface area contributed by atoms with Gasteiger partial charge in [0.1, 0.15) is 5.75 Å². The van der Waals surface area contributed by atoms with Crippen LogP contribution in [0.2, 0.25) is 0 Å². The third-order valence-corrected chi connectivity index (χ3v) is 9.02. The first-order chi connectivity index (χ1) is 24.1. The Labute approximate surface area is 293 Å². The van der Waals surface area contributed by atoms with Gasteiger partial charge in [0.25, 0.3) is 5.91 Å². The van der Waals surface area contributed by atoms with Crippen LogP contribution >= 0.6 is 0 Å². The quantitative estimate of drug-likeness (QED) is 0.280. The van der Waals surface area contributed by atoms with Crippen molar-refractivity contribution in [3.63, 3.8) is 0 Å². The van der Waals surface area contributed by atoms with E-state index in [0.29, 0.717) is 41.8 Å². The van der Waals surface area contributed by atoms with Crippen LogP contribution in [-0.4, -0.2) is 91.1 Å². The number of nitrogens with one attached hydrogen (secondary N) is 2. The molecule has 4 atom stereocenters. The maximum Gasteiger partial charge on any atom is 0.323 e. The van der Waals surface area contributed by atoms with Crippen LogP contribution in [0.3, 0.4) is 0 Å². The molecule has 0 saturated carbocycles. The lowest BCUT2D eigenvalue weighted by molar-refractivity contribution is -0.131. The molecule has 2 aliphatic heterocycles. The van der Waals surface area contributed by atoms with Gasteiger partial charge in [0.05, 0.1) is 36.8 Å². The number of anilines is 2. The zero-order valence-corrected chi connectivity index (χ0v) is 29.2. The Kier molecular flexibility index (Phi) is 12.6. The first-order valence-corrected chi connectivity index (χ1v) is 17.2. The van der Waals surface area contributed by atoms with E-state index >= 15 is 0 Å². The molecule has 0 fully saturated rings. The molecule has 0 aromatic heterocycles.